The molecule has 0 bridgehead atoms. The molecular formula is C15H17ClN2OS. The molecule has 3 rings (SSSR count). The van der Waals surface area contributed by atoms with E-state index in [0.717, 1.165) is 34.8 Å². The van der Waals surface area contributed by atoms with Crippen molar-refractivity contribution in [3.8, 4) is 0 Å². The highest BCUT2D eigenvalue weighted by atomic mass is 35.5. The van der Waals surface area contributed by atoms with E-state index in [1.165, 1.54) is 4.70 Å². The summed E-state index contributed by atoms with van der Waals surface area (Å²) in [5.41, 5.74) is 0. The minimum atomic E-state index is 0.118. The van der Waals surface area contributed by atoms with Crippen LogP contribution in [0.15, 0.2) is 24.3 Å². The van der Waals surface area contributed by atoms with Gasteiger partial charge in [-0.05, 0) is 31.5 Å². The molecule has 0 aliphatic carbocycles. The first-order valence-electron chi connectivity index (χ1n) is 6.87. The number of carbonyl (C=O) groups excluding carboxylic acids is 1. The van der Waals surface area contributed by atoms with Crippen LogP contribution in [0.5, 0.6) is 0 Å². The number of hydrogen-bond donors (Lipinski definition) is 2. The Kier molecular flexibility index (Phi) is 4.24. The maximum atomic E-state index is 11.9. The zero-order valence-corrected chi connectivity index (χ0v) is 12.7. The van der Waals surface area contributed by atoms with E-state index in [0.29, 0.717) is 18.9 Å². The number of halogens is 1. The van der Waals surface area contributed by atoms with E-state index in [2.05, 4.69) is 16.7 Å². The molecule has 2 heterocycles. The highest BCUT2D eigenvalue weighted by Crippen LogP contribution is 2.34. The third kappa shape index (κ3) is 2.97. The van der Waals surface area contributed by atoms with Gasteiger partial charge in [-0.1, -0.05) is 29.8 Å². The quantitative estimate of drug-likeness (QED) is 0.911. The SMILES string of the molecule is O=C(C[C@H]1CCNC1)NCc1sc2ccccc2c1Cl. The Morgan fingerprint density at radius 1 is 1.45 bits per heavy atom. The number of benzene rings is 1. The molecule has 1 aromatic heterocycles. The van der Waals surface area contributed by atoms with Gasteiger partial charge in [-0.25, -0.2) is 0 Å². The van der Waals surface area contributed by atoms with Gasteiger partial charge in [0.25, 0.3) is 0 Å². The molecule has 0 saturated carbocycles. The summed E-state index contributed by atoms with van der Waals surface area (Å²) >= 11 is 8.01. The Morgan fingerprint density at radius 2 is 2.30 bits per heavy atom. The van der Waals surface area contributed by atoms with Crippen molar-refractivity contribution < 1.29 is 4.79 Å². The van der Waals surface area contributed by atoms with E-state index in [-0.39, 0.29) is 5.91 Å². The lowest BCUT2D eigenvalue weighted by atomic mass is 10.0. The molecule has 1 amide bonds. The number of fused-ring (bicyclic) bond motifs is 1. The van der Waals surface area contributed by atoms with Crippen LogP contribution < -0.4 is 10.6 Å². The normalized spacial score (nSPS) is 18.6. The largest absolute Gasteiger partial charge is 0.351 e. The van der Waals surface area contributed by atoms with Crippen LogP contribution in [0.25, 0.3) is 10.1 Å². The Morgan fingerprint density at radius 3 is 3.05 bits per heavy atom. The molecule has 1 aliphatic heterocycles. The fourth-order valence-electron chi connectivity index (χ4n) is 2.58. The molecule has 20 heavy (non-hydrogen) atoms. The van der Waals surface area contributed by atoms with Crippen LogP contribution in [0.4, 0.5) is 0 Å². The second-order valence-electron chi connectivity index (χ2n) is 5.18. The molecule has 3 nitrogen and oxygen atoms in total. The fraction of sp³-hybridized carbons (Fsp3) is 0.400. The minimum Gasteiger partial charge on any atom is -0.351 e. The van der Waals surface area contributed by atoms with Gasteiger partial charge in [-0.2, -0.15) is 0 Å². The van der Waals surface area contributed by atoms with Gasteiger partial charge < -0.3 is 10.6 Å². The highest BCUT2D eigenvalue weighted by Gasteiger charge is 2.18. The molecule has 1 fully saturated rings. The van der Waals surface area contributed by atoms with Crippen molar-refractivity contribution in [3.05, 3.63) is 34.2 Å². The van der Waals surface area contributed by atoms with Crippen molar-refractivity contribution in [2.45, 2.75) is 19.4 Å². The molecule has 2 N–H and O–H groups in total. The summed E-state index contributed by atoms with van der Waals surface area (Å²) in [7, 11) is 0. The first-order chi connectivity index (χ1) is 9.74. The molecule has 1 aliphatic rings. The number of carbonyl (C=O) groups is 1. The number of hydrogen-bond acceptors (Lipinski definition) is 3. The molecule has 106 valence electrons. The smallest absolute Gasteiger partial charge is 0.220 e. The maximum Gasteiger partial charge on any atom is 0.220 e. The Labute approximate surface area is 127 Å². The average molecular weight is 309 g/mol. The first-order valence-corrected chi connectivity index (χ1v) is 8.07. The lowest BCUT2D eigenvalue weighted by molar-refractivity contribution is -0.122. The molecule has 0 spiro atoms. The van der Waals surface area contributed by atoms with Crippen LogP contribution in [0.2, 0.25) is 5.02 Å². The van der Waals surface area contributed by atoms with Crippen molar-refractivity contribution in [1.82, 2.24) is 10.6 Å². The van der Waals surface area contributed by atoms with Crippen molar-refractivity contribution in [1.29, 1.82) is 0 Å². The van der Waals surface area contributed by atoms with Gasteiger partial charge in [0, 0.05) is 21.4 Å². The highest BCUT2D eigenvalue weighted by molar-refractivity contribution is 7.19. The van der Waals surface area contributed by atoms with Crippen molar-refractivity contribution >= 4 is 38.9 Å². The monoisotopic (exact) mass is 308 g/mol. The summed E-state index contributed by atoms with van der Waals surface area (Å²) in [6, 6.07) is 8.06. The summed E-state index contributed by atoms with van der Waals surface area (Å²) < 4.78 is 1.17. The lowest BCUT2D eigenvalue weighted by Gasteiger charge is -2.08. The van der Waals surface area contributed by atoms with Gasteiger partial charge in [-0.15, -0.1) is 11.3 Å². The molecule has 2 aromatic rings. The number of nitrogens with one attached hydrogen (secondary N) is 2. The van der Waals surface area contributed by atoms with Gasteiger partial charge in [-0.3, -0.25) is 4.79 Å². The summed E-state index contributed by atoms with van der Waals surface area (Å²) in [6.45, 7) is 2.51. The van der Waals surface area contributed by atoms with Crippen LogP contribution in [0.3, 0.4) is 0 Å². The number of rotatable bonds is 4. The van der Waals surface area contributed by atoms with Crippen molar-refractivity contribution in [2.24, 2.45) is 5.92 Å². The Balaban J connectivity index is 1.61. The second-order valence-corrected chi connectivity index (χ2v) is 6.69. The van der Waals surface area contributed by atoms with Crippen LogP contribution >= 0.6 is 22.9 Å². The minimum absolute atomic E-state index is 0.118. The number of amides is 1. The van der Waals surface area contributed by atoms with Gasteiger partial charge in [0.05, 0.1) is 11.6 Å². The standard InChI is InChI=1S/C15H17ClN2OS/c16-15-11-3-1-2-4-12(11)20-13(15)9-18-14(19)7-10-5-6-17-8-10/h1-4,10,17H,5-9H2,(H,18,19)/t10-/m1/s1. The van der Waals surface area contributed by atoms with E-state index >= 15 is 0 Å². The zero-order chi connectivity index (χ0) is 13.9. The molecule has 0 radical (unpaired) electrons. The predicted octanol–water partition coefficient (Wildman–Crippen LogP) is 3.17. The fourth-order valence-corrected chi connectivity index (χ4v) is 4.02. The van der Waals surface area contributed by atoms with Gasteiger partial charge in [0.1, 0.15) is 0 Å². The average Bonchev–Trinajstić information content (AvgIpc) is 3.06. The van der Waals surface area contributed by atoms with Crippen LogP contribution in [-0.4, -0.2) is 19.0 Å². The van der Waals surface area contributed by atoms with E-state index in [1.54, 1.807) is 11.3 Å². The third-order valence-electron chi connectivity index (χ3n) is 3.68. The Hall–Kier alpha value is -1.10. The molecule has 1 aromatic carbocycles. The topological polar surface area (TPSA) is 41.1 Å². The maximum absolute atomic E-state index is 11.9. The zero-order valence-electron chi connectivity index (χ0n) is 11.1. The van der Waals surface area contributed by atoms with Crippen molar-refractivity contribution in [3.63, 3.8) is 0 Å². The first kappa shape index (κ1) is 13.9. The van der Waals surface area contributed by atoms with E-state index in [4.69, 9.17) is 11.6 Å². The van der Waals surface area contributed by atoms with Gasteiger partial charge >= 0.3 is 0 Å². The lowest BCUT2D eigenvalue weighted by Crippen LogP contribution is -2.25. The molecule has 1 saturated heterocycles. The summed E-state index contributed by atoms with van der Waals surface area (Å²) in [5.74, 6) is 0.597. The summed E-state index contributed by atoms with van der Waals surface area (Å²) in [4.78, 5) is 13.0. The second kappa shape index (κ2) is 6.12. The van der Waals surface area contributed by atoms with E-state index < -0.39 is 0 Å². The summed E-state index contributed by atoms with van der Waals surface area (Å²) in [6.07, 6.45) is 1.70. The molecule has 0 unspecified atom stereocenters. The molecular weight excluding hydrogens is 292 g/mol. The Bertz CT molecular complexity index is 619. The van der Waals surface area contributed by atoms with Crippen LogP contribution in [0.1, 0.15) is 17.7 Å². The molecule has 1 atom stereocenters. The number of thiophene rings is 1. The summed E-state index contributed by atoms with van der Waals surface area (Å²) in [5, 5.41) is 8.11. The molecule has 5 heteroatoms. The van der Waals surface area contributed by atoms with E-state index in [1.807, 2.05) is 18.2 Å². The van der Waals surface area contributed by atoms with Gasteiger partial charge in [0.2, 0.25) is 5.91 Å². The van der Waals surface area contributed by atoms with Gasteiger partial charge in [0.15, 0.2) is 0 Å². The van der Waals surface area contributed by atoms with Crippen LogP contribution in [-0.2, 0) is 11.3 Å². The van der Waals surface area contributed by atoms with E-state index in [9.17, 15) is 4.79 Å². The van der Waals surface area contributed by atoms with Crippen LogP contribution in [0, 0.1) is 5.92 Å². The predicted molar refractivity (Wildman–Crippen MR) is 84.3 cm³/mol. The third-order valence-corrected chi connectivity index (χ3v) is 5.40. The van der Waals surface area contributed by atoms with Crippen molar-refractivity contribution in [2.75, 3.05) is 13.1 Å².